The number of amides is 2. The molecule has 0 saturated heterocycles. The molecular weight excluding hydrogens is 601 g/mol. The van der Waals surface area contributed by atoms with E-state index in [2.05, 4.69) is 25.9 Å². The van der Waals surface area contributed by atoms with E-state index in [0.717, 1.165) is 14.9 Å². The molecule has 0 aliphatic carbocycles. The summed E-state index contributed by atoms with van der Waals surface area (Å²) in [5.41, 5.74) is 1.63. The lowest BCUT2D eigenvalue weighted by Crippen LogP contribution is -2.44. The van der Waals surface area contributed by atoms with Gasteiger partial charge in [-0.05, 0) is 35.9 Å². The Morgan fingerprint density at radius 3 is 2.38 bits per heavy atom. The average Bonchev–Trinajstić information content (AvgIpc) is 3.42. The molecule has 2 amide bonds. The number of nitrogens with zero attached hydrogens (tertiary/aromatic N) is 3. The van der Waals surface area contributed by atoms with Crippen LogP contribution in [-0.4, -0.2) is 61.4 Å². The molecule has 1 aliphatic heterocycles. The van der Waals surface area contributed by atoms with Crippen LogP contribution in [0.2, 0.25) is 0 Å². The topological polar surface area (TPSA) is 147 Å². The van der Waals surface area contributed by atoms with E-state index in [1.807, 2.05) is 24.3 Å². The number of aliphatic carboxylic acids is 1. The molecule has 208 valence electrons. The number of hydrogen-bond acceptors (Lipinski definition) is 5. The Balaban J connectivity index is 0.000000470. The predicted octanol–water partition coefficient (Wildman–Crippen LogP) is 4.92. The summed E-state index contributed by atoms with van der Waals surface area (Å²) in [7, 11) is 1.39. The van der Waals surface area contributed by atoms with Gasteiger partial charge < -0.3 is 20.3 Å². The SMILES string of the molecule is CN(C(=O)O)c1nc2ccc(C3(O)c4ccccc4C(=O)N3Cc3cccc(Br)c3)cc2[nH]1.O=C(O)C(F)(F)F. The quantitative estimate of drug-likeness (QED) is 0.253. The summed E-state index contributed by atoms with van der Waals surface area (Å²) in [5, 5.41) is 28.5. The number of fused-ring (bicyclic) bond motifs is 2. The van der Waals surface area contributed by atoms with E-state index in [0.29, 0.717) is 27.7 Å². The molecule has 2 heterocycles. The standard InChI is InChI=1S/C24H19BrN4O4.C2HF3O2/c1-28(23(31)32)22-26-19-10-9-15(12-20(19)27-22)24(33)18-8-3-2-7-17(18)21(30)29(24)13-14-5-4-6-16(25)11-14;3-2(4,5)1(6)7/h2-12,33H,13H2,1H3,(H,26,27)(H,31,32);(H,6,7). The lowest BCUT2D eigenvalue weighted by Gasteiger charge is -2.35. The fourth-order valence-corrected chi connectivity index (χ4v) is 4.64. The number of nitrogens with one attached hydrogen (secondary N) is 1. The summed E-state index contributed by atoms with van der Waals surface area (Å²) in [6.45, 7) is 0.192. The highest BCUT2D eigenvalue weighted by Gasteiger charge is 2.49. The third-order valence-corrected chi connectivity index (χ3v) is 6.61. The summed E-state index contributed by atoms with van der Waals surface area (Å²) in [5.74, 6) is -2.87. The van der Waals surface area contributed by atoms with E-state index in [1.54, 1.807) is 42.5 Å². The van der Waals surface area contributed by atoms with E-state index in [4.69, 9.17) is 9.90 Å². The second kappa shape index (κ2) is 10.6. The van der Waals surface area contributed by atoms with Gasteiger partial charge in [-0.1, -0.05) is 52.3 Å². The molecule has 14 heteroatoms. The van der Waals surface area contributed by atoms with E-state index < -0.39 is 24.0 Å². The number of H-pyrrole nitrogens is 1. The maximum absolute atomic E-state index is 13.4. The number of aromatic amines is 1. The van der Waals surface area contributed by atoms with Crippen LogP contribution >= 0.6 is 15.9 Å². The van der Waals surface area contributed by atoms with Gasteiger partial charge in [-0.2, -0.15) is 13.2 Å². The molecule has 4 N–H and O–H groups in total. The minimum atomic E-state index is -5.08. The van der Waals surface area contributed by atoms with E-state index in [-0.39, 0.29) is 18.4 Å². The Kier molecular flexibility index (Phi) is 7.59. The minimum Gasteiger partial charge on any atom is -0.475 e. The maximum Gasteiger partial charge on any atom is 0.490 e. The summed E-state index contributed by atoms with van der Waals surface area (Å²) in [6, 6.07) is 19.7. The molecular formula is C26H20BrF3N4O6. The molecule has 1 aromatic heterocycles. The molecule has 4 aromatic rings. The van der Waals surface area contributed by atoms with Crippen LogP contribution in [0.25, 0.3) is 11.0 Å². The smallest absolute Gasteiger partial charge is 0.475 e. The number of anilines is 1. The Morgan fingerprint density at radius 1 is 1.07 bits per heavy atom. The number of hydrogen-bond donors (Lipinski definition) is 4. The fraction of sp³-hybridized carbons (Fsp3) is 0.154. The van der Waals surface area contributed by atoms with Crippen LogP contribution < -0.4 is 4.90 Å². The van der Waals surface area contributed by atoms with Crippen molar-refractivity contribution in [1.29, 1.82) is 0 Å². The Hall–Kier alpha value is -4.43. The minimum absolute atomic E-state index is 0.163. The number of carbonyl (C=O) groups excluding carboxylic acids is 1. The summed E-state index contributed by atoms with van der Waals surface area (Å²) in [4.78, 5) is 43.3. The van der Waals surface area contributed by atoms with Gasteiger partial charge >= 0.3 is 18.2 Å². The average molecular weight is 621 g/mol. The largest absolute Gasteiger partial charge is 0.490 e. The van der Waals surface area contributed by atoms with Gasteiger partial charge in [-0.15, -0.1) is 0 Å². The number of imidazole rings is 1. The number of carboxylic acids is 1. The normalized spacial score (nSPS) is 16.4. The van der Waals surface area contributed by atoms with Crippen molar-refractivity contribution in [2.45, 2.75) is 18.4 Å². The van der Waals surface area contributed by atoms with Gasteiger partial charge in [0.15, 0.2) is 5.72 Å². The number of aromatic nitrogens is 2. The van der Waals surface area contributed by atoms with Crippen LogP contribution in [0.4, 0.5) is 23.9 Å². The highest BCUT2D eigenvalue weighted by Crippen LogP contribution is 2.43. The molecule has 0 spiro atoms. The summed E-state index contributed by atoms with van der Waals surface area (Å²) < 4.78 is 32.6. The molecule has 0 bridgehead atoms. The summed E-state index contributed by atoms with van der Waals surface area (Å²) in [6.07, 6.45) is -6.23. The number of aliphatic hydroxyl groups is 1. The van der Waals surface area contributed by atoms with Crippen LogP contribution in [0, 0.1) is 0 Å². The van der Waals surface area contributed by atoms with Crippen molar-refractivity contribution in [1.82, 2.24) is 14.9 Å². The Morgan fingerprint density at radius 2 is 1.75 bits per heavy atom. The third-order valence-electron chi connectivity index (χ3n) is 6.12. The first kappa shape index (κ1) is 28.6. The molecule has 0 saturated carbocycles. The maximum atomic E-state index is 13.4. The van der Waals surface area contributed by atoms with Crippen molar-refractivity contribution in [3.8, 4) is 0 Å². The first-order valence-electron chi connectivity index (χ1n) is 11.4. The van der Waals surface area contributed by atoms with Crippen molar-refractivity contribution in [3.05, 3.63) is 93.5 Å². The number of benzene rings is 3. The Bertz CT molecular complexity index is 1630. The van der Waals surface area contributed by atoms with Gasteiger partial charge in [0, 0.05) is 34.8 Å². The van der Waals surface area contributed by atoms with E-state index in [9.17, 15) is 33.0 Å². The highest BCUT2D eigenvalue weighted by atomic mass is 79.9. The first-order chi connectivity index (χ1) is 18.7. The zero-order chi connectivity index (χ0) is 29.4. The molecule has 3 aromatic carbocycles. The fourth-order valence-electron chi connectivity index (χ4n) is 4.19. The number of carboxylic acid groups (broad SMARTS) is 2. The Labute approximate surface area is 232 Å². The van der Waals surface area contributed by atoms with Gasteiger partial charge in [0.05, 0.1) is 11.0 Å². The van der Waals surface area contributed by atoms with Crippen molar-refractivity contribution in [2.24, 2.45) is 0 Å². The van der Waals surface area contributed by atoms with E-state index in [1.165, 1.54) is 11.9 Å². The molecule has 0 radical (unpaired) electrons. The van der Waals surface area contributed by atoms with Gasteiger partial charge in [-0.3, -0.25) is 14.6 Å². The first-order valence-corrected chi connectivity index (χ1v) is 12.2. The molecule has 10 nitrogen and oxygen atoms in total. The van der Waals surface area contributed by atoms with E-state index >= 15 is 0 Å². The number of alkyl halides is 3. The van der Waals surface area contributed by atoms with Gasteiger partial charge in [-0.25, -0.2) is 14.6 Å². The second-order valence-electron chi connectivity index (χ2n) is 8.68. The second-order valence-corrected chi connectivity index (χ2v) is 9.59. The van der Waals surface area contributed by atoms with Crippen LogP contribution in [-0.2, 0) is 17.1 Å². The lowest BCUT2D eigenvalue weighted by molar-refractivity contribution is -0.192. The van der Waals surface area contributed by atoms with Crippen molar-refractivity contribution in [3.63, 3.8) is 0 Å². The van der Waals surface area contributed by atoms with Gasteiger partial charge in [0.25, 0.3) is 5.91 Å². The summed E-state index contributed by atoms with van der Waals surface area (Å²) >= 11 is 3.46. The van der Waals surface area contributed by atoms with Crippen LogP contribution in [0.1, 0.15) is 27.0 Å². The lowest BCUT2D eigenvalue weighted by atomic mass is 9.93. The molecule has 40 heavy (non-hydrogen) atoms. The predicted molar refractivity (Wildman–Crippen MR) is 140 cm³/mol. The molecule has 0 fully saturated rings. The monoisotopic (exact) mass is 620 g/mol. The molecule has 1 unspecified atom stereocenters. The van der Waals surface area contributed by atoms with Crippen LogP contribution in [0.5, 0.6) is 0 Å². The zero-order valence-corrected chi connectivity index (χ0v) is 22.1. The van der Waals surface area contributed by atoms with Crippen molar-refractivity contribution < 1.29 is 42.9 Å². The van der Waals surface area contributed by atoms with Gasteiger partial charge in [0.1, 0.15) is 0 Å². The highest BCUT2D eigenvalue weighted by molar-refractivity contribution is 9.10. The molecule has 1 aliphatic rings. The van der Waals surface area contributed by atoms with Gasteiger partial charge in [0.2, 0.25) is 5.95 Å². The third kappa shape index (κ3) is 5.35. The number of carbonyl (C=O) groups is 3. The van der Waals surface area contributed by atoms with Crippen molar-refractivity contribution >= 4 is 50.9 Å². The molecule has 5 rings (SSSR count). The van der Waals surface area contributed by atoms with Crippen molar-refractivity contribution in [2.75, 3.05) is 11.9 Å². The number of halogens is 4. The molecule has 1 atom stereocenters. The zero-order valence-electron chi connectivity index (χ0n) is 20.5. The van der Waals surface area contributed by atoms with Crippen LogP contribution in [0.15, 0.2) is 71.2 Å². The number of rotatable bonds is 4. The van der Waals surface area contributed by atoms with Crippen LogP contribution in [0.3, 0.4) is 0 Å².